The standard InChI is InChI=1S/C8H7BrN4S/c1-4-11-8(10)7(13-12-4)6-2-5(9)3-14-6/h2-3H,1H3,(H2,10,11,12). The average molecular weight is 271 g/mol. The number of hydrogen-bond acceptors (Lipinski definition) is 5. The molecule has 0 bridgehead atoms. The van der Waals surface area contributed by atoms with Crippen LogP contribution in [-0.2, 0) is 0 Å². The smallest absolute Gasteiger partial charge is 0.154 e. The molecule has 0 unspecified atom stereocenters. The summed E-state index contributed by atoms with van der Waals surface area (Å²) in [5.74, 6) is 1.01. The highest BCUT2D eigenvalue weighted by Gasteiger charge is 2.08. The minimum Gasteiger partial charge on any atom is -0.382 e. The van der Waals surface area contributed by atoms with Crippen LogP contribution in [0.2, 0.25) is 0 Å². The summed E-state index contributed by atoms with van der Waals surface area (Å²) in [6.45, 7) is 1.76. The molecule has 2 heterocycles. The molecule has 0 aliphatic rings. The number of thiophene rings is 1. The van der Waals surface area contributed by atoms with Crippen molar-refractivity contribution in [3.05, 3.63) is 21.7 Å². The molecule has 4 nitrogen and oxygen atoms in total. The van der Waals surface area contributed by atoms with Crippen LogP contribution in [0.4, 0.5) is 5.82 Å². The minimum absolute atomic E-state index is 0.423. The summed E-state index contributed by atoms with van der Waals surface area (Å²) in [4.78, 5) is 5.02. The third-order valence-corrected chi connectivity index (χ3v) is 3.32. The van der Waals surface area contributed by atoms with E-state index in [0.29, 0.717) is 17.3 Å². The number of aromatic nitrogens is 3. The van der Waals surface area contributed by atoms with Gasteiger partial charge in [-0.1, -0.05) is 0 Å². The molecule has 72 valence electrons. The second-order valence-electron chi connectivity index (χ2n) is 2.72. The number of nitrogens with zero attached hydrogens (tertiary/aromatic N) is 3. The molecule has 6 heteroatoms. The largest absolute Gasteiger partial charge is 0.382 e. The Labute approximate surface area is 93.3 Å². The van der Waals surface area contributed by atoms with Gasteiger partial charge in [0.15, 0.2) is 5.82 Å². The highest BCUT2D eigenvalue weighted by atomic mass is 79.9. The normalized spacial score (nSPS) is 10.4. The number of nitrogen functional groups attached to an aromatic ring is 1. The Morgan fingerprint density at radius 1 is 1.43 bits per heavy atom. The zero-order chi connectivity index (χ0) is 10.1. The van der Waals surface area contributed by atoms with Crippen molar-refractivity contribution in [2.75, 3.05) is 5.73 Å². The van der Waals surface area contributed by atoms with Crippen molar-refractivity contribution in [2.45, 2.75) is 6.92 Å². The molecule has 0 spiro atoms. The maximum Gasteiger partial charge on any atom is 0.154 e. The Balaban J connectivity index is 2.52. The second-order valence-corrected chi connectivity index (χ2v) is 4.55. The van der Waals surface area contributed by atoms with E-state index in [1.165, 1.54) is 0 Å². The lowest BCUT2D eigenvalue weighted by atomic mass is 10.3. The van der Waals surface area contributed by atoms with Crippen LogP contribution in [0.3, 0.4) is 0 Å². The summed E-state index contributed by atoms with van der Waals surface area (Å²) in [7, 11) is 0. The maximum absolute atomic E-state index is 5.74. The zero-order valence-electron chi connectivity index (χ0n) is 7.36. The van der Waals surface area contributed by atoms with Gasteiger partial charge in [-0.2, -0.15) is 0 Å². The van der Waals surface area contributed by atoms with Crippen molar-refractivity contribution >= 4 is 33.1 Å². The Kier molecular flexibility index (Phi) is 2.47. The van der Waals surface area contributed by atoms with Crippen molar-refractivity contribution < 1.29 is 0 Å². The van der Waals surface area contributed by atoms with Gasteiger partial charge in [0.2, 0.25) is 0 Å². The highest BCUT2D eigenvalue weighted by molar-refractivity contribution is 9.10. The number of aryl methyl sites for hydroxylation is 1. The molecule has 0 aliphatic heterocycles. The number of anilines is 1. The summed E-state index contributed by atoms with van der Waals surface area (Å²) in [5.41, 5.74) is 6.39. The van der Waals surface area contributed by atoms with Crippen LogP contribution >= 0.6 is 27.3 Å². The summed E-state index contributed by atoms with van der Waals surface area (Å²) >= 11 is 4.92. The van der Waals surface area contributed by atoms with Gasteiger partial charge in [0.1, 0.15) is 11.5 Å². The quantitative estimate of drug-likeness (QED) is 0.864. The molecule has 14 heavy (non-hydrogen) atoms. The fourth-order valence-electron chi connectivity index (χ4n) is 1.04. The molecular weight excluding hydrogens is 264 g/mol. The zero-order valence-corrected chi connectivity index (χ0v) is 9.76. The number of hydrogen-bond donors (Lipinski definition) is 1. The van der Waals surface area contributed by atoms with Crippen molar-refractivity contribution in [1.82, 2.24) is 15.2 Å². The first-order valence-electron chi connectivity index (χ1n) is 3.88. The fourth-order valence-corrected chi connectivity index (χ4v) is 2.46. The lowest BCUT2D eigenvalue weighted by Crippen LogP contribution is -2.01. The molecule has 0 aromatic carbocycles. The van der Waals surface area contributed by atoms with Crippen molar-refractivity contribution in [2.24, 2.45) is 0 Å². The van der Waals surface area contributed by atoms with E-state index in [0.717, 1.165) is 9.35 Å². The fraction of sp³-hybridized carbons (Fsp3) is 0.125. The molecule has 0 amide bonds. The first-order chi connectivity index (χ1) is 6.66. The van der Waals surface area contributed by atoms with Gasteiger partial charge in [-0.3, -0.25) is 0 Å². The van der Waals surface area contributed by atoms with Crippen LogP contribution in [0.15, 0.2) is 15.9 Å². The van der Waals surface area contributed by atoms with Gasteiger partial charge in [0.05, 0.1) is 4.88 Å². The first-order valence-corrected chi connectivity index (χ1v) is 5.55. The van der Waals surface area contributed by atoms with Crippen molar-refractivity contribution in [3.8, 4) is 10.6 Å². The lowest BCUT2D eigenvalue weighted by Gasteiger charge is -1.99. The van der Waals surface area contributed by atoms with Crippen molar-refractivity contribution in [3.63, 3.8) is 0 Å². The lowest BCUT2D eigenvalue weighted by molar-refractivity contribution is 0.922. The monoisotopic (exact) mass is 270 g/mol. The summed E-state index contributed by atoms with van der Waals surface area (Å²) in [6, 6.07) is 1.95. The van der Waals surface area contributed by atoms with Gasteiger partial charge in [-0.25, -0.2) is 4.98 Å². The van der Waals surface area contributed by atoms with Crippen molar-refractivity contribution in [1.29, 1.82) is 0 Å². The summed E-state index contributed by atoms with van der Waals surface area (Å²) in [6.07, 6.45) is 0. The van der Waals surface area contributed by atoms with Gasteiger partial charge in [0, 0.05) is 9.85 Å². The Hall–Kier alpha value is -1.01. The maximum atomic E-state index is 5.74. The third kappa shape index (κ3) is 1.76. The van der Waals surface area contributed by atoms with Gasteiger partial charge >= 0.3 is 0 Å². The molecule has 0 radical (unpaired) electrons. The van der Waals surface area contributed by atoms with Crippen LogP contribution in [0.25, 0.3) is 10.6 Å². The predicted molar refractivity (Wildman–Crippen MR) is 60.0 cm³/mol. The molecule has 2 rings (SSSR count). The molecule has 0 saturated heterocycles. The van der Waals surface area contributed by atoms with E-state index < -0.39 is 0 Å². The van der Waals surface area contributed by atoms with E-state index in [1.54, 1.807) is 18.3 Å². The minimum atomic E-state index is 0.423. The second kappa shape index (κ2) is 3.62. The van der Waals surface area contributed by atoms with Gasteiger partial charge in [0.25, 0.3) is 0 Å². The number of nitrogens with two attached hydrogens (primary N) is 1. The van der Waals surface area contributed by atoms with Gasteiger partial charge in [-0.15, -0.1) is 21.5 Å². The third-order valence-electron chi connectivity index (χ3n) is 1.62. The Morgan fingerprint density at radius 3 is 2.79 bits per heavy atom. The molecule has 2 aromatic heterocycles. The molecular formula is C8H7BrN4S. The molecule has 2 N–H and O–H groups in total. The van der Waals surface area contributed by atoms with Crippen LogP contribution in [0.5, 0.6) is 0 Å². The molecule has 0 fully saturated rings. The summed E-state index contributed by atoms with van der Waals surface area (Å²) in [5, 5.41) is 9.86. The molecule has 0 atom stereocenters. The van der Waals surface area contributed by atoms with E-state index >= 15 is 0 Å². The Morgan fingerprint density at radius 2 is 2.21 bits per heavy atom. The topological polar surface area (TPSA) is 64.7 Å². The molecule has 0 saturated carbocycles. The van der Waals surface area contributed by atoms with E-state index in [4.69, 9.17) is 5.73 Å². The first kappa shape index (κ1) is 9.54. The van der Waals surface area contributed by atoms with Gasteiger partial charge in [-0.05, 0) is 28.9 Å². The summed E-state index contributed by atoms with van der Waals surface area (Å²) < 4.78 is 1.01. The molecule has 2 aromatic rings. The van der Waals surface area contributed by atoms with Crippen LogP contribution in [0.1, 0.15) is 5.82 Å². The van der Waals surface area contributed by atoms with Crippen LogP contribution < -0.4 is 5.73 Å². The number of halogens is 1. The average Bonchev–Trinajstić information content (AvgIpc) is 2.51. The number of rotatable bonds is 1. The van der Waals surface area contributed by atoms with E-state index in [9.17, 15) is 0 Å². The van der Waals surface area contributed by atoms with Gasteiger partial charge < -0.3 is 5.73 Å². The van der Waals surface area contributed by atoms with Crippen LogP contribution in [0, 0.1) is 6.92 Å². The van der Waals surface area contributed by atoms with E-state index in [-0.39, 0.29) is 0 Å². The SMILES string of the molecule is Cc1nnc(-c2cc(Br)cs2)c(N)n1. The molecule has 0 aliphatic carbocycles. The van der Waals surface area contributed by atoms with Crippen LogP contribution in [-0.4, -0.2) is 15.2 Å². The predicted octanol–water partition coefficient (Wildman–Crippen LogP) is 2.25. The highest BCUT2D eigenvalue weighted by Crippen LogP contribution is 2.30. The Bertz CT molecular complexity index is 468. The van der Waals surface area contributed by atoms with E-state index in [2.05, 4.69) is 31.1 Å². The van der Waals surface area contributed by atoms with E-state index in [1.807, 2.05) is 11.4 Å².